The van der Waals surface area contributed by atoms with Gasteiger partial charge in [-0.2, -0.15) is 5.10 Å². The fourth-order valence-corrected chi connectivity index (χ4v) is 2.13. The number of para-hydroxylation sites is 1. The Morgan fingerprint density at radius 3 is 2.52 bits per heavy atom. The lowest BCUT2D eigenvalue weighted by atomic mass is 10.1. The van der Waals surface area contributed by atoms with Gasteiger partial charge < -0.3 is 5.32 Å². The fraction of sp³-hybridized carbons (Fsp3) is 0. The fourth-order valence-electron chi connectivity index (χ4n) is 1.95. The highest BCUT2D eigenvalue weighted by Gasteiger charge is 2.12. The van der Waals surface area contributed by atoms with Gasteiger partial charge in [0.2, 0.25) is 0 Å². The molecule has 0 radical (unpaired) electrons. The van der Waals surface area contributed by atoms with Crippen molar-refractivity contribution in [3.8, 4) is 11.3 Å². The predicted molar refractivity (Wildman–Crippen MR) is 83.4 cm³/mol. The Hall–Kier alpha value is -2.59. The molecule has 1 amide bonds. The number of aromatic amines is 1. The molecule has 0 saturated carbocycles. The maximum atomic E-state index is 12.2. The van der Waals surface area contributed by atoms with Crippen LogP contribution in [0.2, 0.25) is 5.02 Å². The summed E-state index contributed by atoms with van der Waals surface area (Å²) >= 11 is 6.02. The molecular formula is C16H12ClN3O. The number of benzene rings is 2. The molecule has 0 aliphatic rings. The van der Waals surface area contributed by atoms with Gasteiger partial charge >= 0.3 is 0 Å². The summed E-state index contributed by atoms with van der Waals surface area (Å²) in [5.41, 5.74) is 2.62. The van der Waals surface area contributed by atoms with Crippen LogP contribution in [0.5, 0.6) is 0 Å². The van der Waals surface area contributed by atoms with Gasteiger partial charge in [0.25, 0.3) is 5.91 Å². The van der Waals surface area contributed by atoms with Crippen molar-refractivity contribution in [3.63, 3.8) is 0 Å². The molecule has 2 aromatic carbocycles. The van der Waals surface area contributed by atoms with Crippen LogP contribution in [0, 0.1) is 0 Å². The zero-order valence-electron chi connectivity index (χ0n) is 11.0. The highest BCUT2D eigenvalue weighted by molar-refractivity contribution is 6.33. The van der Waals surface area contributed by atoms with Gasteiger partial charge in [-0.1, -0.05) is 54.1 Å². The standard InChI is InChI=1S/C16H12ClN3O/c17-12-8-4-5-9-13(12)18-16(21)15-10-14(19-20-15)11-6-2-1-3-7-11/h1-10H,(H,18,21)(H,19,20). The van der Waals surface area contributed by atoms with E-state index < -0.39 is 0 Å². The van der Waals surface area contributed by atoms with E-state index in [0.717, 1.165) is 11.3 Å². The van der Waals surface area contributed by atoms with Gasteiger partial charge in [0.05, 0.1) is 16.4 Å². The zero-order chi connectivity index (χ0) is 14.7. The summed E-state index contributed by atoms with van der Waals surface area (Å²) in [5, 5.41) is 10.1. The highest BCUT2D eigenvalue weighted by Crippen LogP contribution is 2.22. The summed E-state index contributed by atoms with van der Waals surface area (Å²) in [6.45, 7) is 0. The van der Waals surface area contributed by atoms with Gasteiger partial charge in [0.15, 0.2) is 0 Å². The predicted octanol–water partition coefficient (Wildman–Crippen LogP) is 3.98. The number of nitrogens with zero attached hydrogens (tertiary/aromatic N) is 1. The molecule has 0 atom stereocenters. The lowest BCUT2D eigenvalue weighted by molar-refractivity contribution is 0.102. The number of anilines is 1. The van der Waals surface area contributed by atoms with E-state index in [9.17, 15) is 4.79 Å². The van der Waals surface area contributed by atoms with E-state index in [1.807, 2.05) is 42.5 Å². The Bertz CT molecular complexity index is 768. The van der Waals surface area contributed by atoms with Crippen molar-refractivity contribution >= 4 is 23.2 Å². The molecule has 3 aromatic rings. The number of halogens is 1. The number of rotatable bonds is 3. The summed E-state index contributed by atoms with van der Waals surface area (Å²) in [4.78, 5) is 12.2. The van der Waals surface area contributed by atoms with Crippen molar-refractivity contribution in [2.24, 2.45) is 0 Å². The Kier molecular flexibility index (Phi) is 3.71. The number of aromatic nitrogens is 2. The van der Waals surface area contributed by atoms with Gasteiger partial charge in [-0.25, -0.2) is 0 Å². The maximum absolute atomic E-state index is 12.2. The summed E-state index contributed by atoms with van der Waals surface area (Å²) in [6, 6.07) is 18.4. The number of amides is 1. The molecule has 4 nitrogen and oxygen atoms in total. The van der Waals surface area contributed by atoms with Gasteiger partial charge in [-0.05, 0) is 18.2 Å². The average Bonchev–Trinajstić information content (AvgIpc) is 3.00. The third kappa shape index (κ3) is 2.95. The first-order chi connectivity index (χ1) is 10.2. The summed E-state index contributed by atoms with van der Waals surface area (Å²) in [6.07, 6.45) is 0. The summed E-state index contributed by atoms with van der Waals surface area (Å²) in [7, 11) is 0. The first-order valence-electron chi connectivity index (χ1n) is 6.41. The van der Waals surface area contributed by atoms with Gasteiger partial charge in [0, 0.05) is 5.56 Å². The molecule has 3 rings (SSSR count). The zero-order valence-corrected chi connectivity index (χ0v) is 11.8. The number of hydrogen-bond acceptors (Lipinski definition) is 2. The van der Waals surface area contributed by atoms with Crippen molar-refractivity contribution in [1.29, 1.82) is 0 Å². The normalized spacial score (nSPS) is 10.3. The monoisotopic (exact) mass is 297 g/mol. The van der Waals surface area contributed by atoms with E-state index >= 15 is 0 Å². The van der Waals surface area contributed by atoms with Gasteiger partial charge in [0.1, 0.15) is 5.69 Å². The van der Waals surface area contributed by atoms with E-state index in [2.05, 4.69) is 15.5 Å². The van der Waals surface area contributed by atoms with Crippen LogP contribution >= 0.6 is 11.6 Å². The van der Waals surface area contributed by atoms with Crippen LogP contribution in [0.4, 0.5) is 5.69 Å². The first kappa shape index (κ1) is 13.4. The van der Waals surface area contributed by atoms with Crippen LogP contribution in [0.15, 0.2) is 60.7 Å². The van der Waals surface area contributed by atoms with Crippen LogP contribution in [0.3, 0.4) is 0 Å². The van der Waals surface area contributed by atoms with Gasteiger partial charge in [-0.3, -0.25) is 9.89 Å². The molecule has 0 aliphatic heterocycles. The number of H-pyrrole nitrogens is 1. The van der Waals surface area contributed by atoms with Gasteiger partial charge in [-0.15, -0.1) is 0 Å². The molecule has 21 heavy (non-hydrogen) atoms. The van der Waals surface area contributed by atoms with Crippen LogP contribution in [0.25, 0.3) is 11.3 Å². The smallest absolute Gasteiger partial charge is 0.273 e. The molecule has 2 N–H and O–H groups in total. The summed E-state index contributed by atoms with van der Waals surface area (Å²) in [5.74, 6) is -0.280. The minimum Gasteiger partial charge on any atom is -0.319 e. The van der Waals surface area contributed by atoms with E-state index in [1.165, 1.54) is 0 Å². The van der Waals surface area contributed by atoms with Crippen molar-refractivity contribution < 1.29 is 4.79 Å². The summed E-state index contributed by atoms with van der Waals surface area (Å²) < 4.78 is 0. The Balaban J connectivity index is 1.80. The maximum Gasteiger partial charge on any atom is 0.273 e. The molecule has 0 aliphatic carbocycles. The van der Waals surface area contributed by atoms with E-state index in [-0.39, 0.29) is 5.91 Å². The molecule has 0 spiro atoms. The minimum atomic E-state index is -0.280. The second kappa shape index (κ2) is 5.81. The average molecular weight is 298 g/mol. The van der Waals surface area contributed by atoms with Crippen LogP contribution in [0.1, 0.15) is 10.5 Å². The second-order valence-corrected chi connectivity index (χ2v) is 4.87. The second-order valence-electron chi connectivity index (χ2n) is 4.47. The van der Waals surface area contributed by atoms with E-state index in [4.69, 9.17) is 11.6 Å². The van der Waals surface area contributed by atoms with E-state index in [0.29, 0.717) is 16.4 Å². The number of nitrogens with one attached hydrogen (secondary N) is 2. The topological polar surface area (TPSA) is 57.8 Å². The minimum absolute atomic E-state index is 0.280. The molecule has 0 bridgehead atoms. The van der Waals surface area contributed by atoms with Crippen molar-refractivity contribution in [2.75, 3.05) is 5.32 Å². The first-order valence-corrected chi connectivity index (χ1v) is 6.78. The molecule has 0 saturated heterocycles. The Morgan fingerprint density at radius 2 is 1.76 bits per heavy atom. The SMILES string of the molecule is O=C(Nc1ccccc1Cl)c1cc(-c2ccccc2)n[nH]1. The van der Waals surface area contributed by atoms with Crippen molar-refractivity contribution in [2.45, 2.75) is 0 Å². The molecule has 1 aromatic heterocycles. The Labute approximate surface area is 126 Å². The van der Waals surface area contributed by atoms with Crippen molar-refractivity contribution in [1.82, 2.24) is 10.2 Å². The van der Waals surface area contributed by atoms with Crippen LogP contribution < -0.4 is 5.32 Å². The molecule has 1 heterocycles. The highest BCUT2D eigenvalue weighted by atomic mass is 35.5. The lowest BCUT2D eigenvalue weighted by Gasteiger charge is -2.04. The third-order valence-electron chi connectivity index (χ3n) is 3.01. The van der Waals surface area contributed by atoms with E-state index in [1.54, 1.807) is 18.2 Å². The number of carbonyl (C=O) groups is 1. The molecule has 0 fully saturated rings. The number of hydrogen-bond donors (Lipinski definition) is 2. The molecule has 104 valence electrons. The third-order valence-corrected chi connectivity index (χ3v) is 3.34. The molecular weight excluding hydrogens is 286 g/mol. The molecule has 0 unspecified atom stereocenters. The quantitative estimate of drug-likeness (QED) is 0.768. The Morgan fingerprint density at radius 1 is 1.05 bits per heavy atom. The number of carbonyl (C=O) groups excluding carboxylic acids is 1. The largest absolute Gasteiger partial charge is 0.319 e. The van der Waals surface area contributed by atoms with Crippen LogP contribution in [-0.2, 0) is 0 Å². The lowest BCUT2D eigenvalue weighted by Crippen LogP contribution is -2.12. The van der Waals surface area contributed by atoms with Crippen LogP contribution in [-0.4, -0.2) is 16.1 Å². The van der Waals surface area contributed by atoms with Crippen molar-refractivity contribution in [3.05, 3.63) is 71.4 Å². The molecule has 5 heteroatoms.